The van der Waals surface area contributed by atoms with Gasteiger partial charge in [0.05, 0.1) is 6.10 Å². The standard InChI is InChI=1S/C11H22OS/c1-9(2)7-8-13-11-6-4-3-5-10(11)12/h9-12H,3-8H2,1-2H3. The van der Waals surface area contributed by atoms with Crippen molar-refractivity contribution in [2.24, 2.45) is 5.92 Å². The van der Waals surface area contributed by atoms with Gasteiger partial charge in [-0.25, -0.2) is 0 Å². The Morgan fingerprint density at radius 3 is 2.62 bits per heavy atom. The molecule has 0 bridgehead atoms. The Morgan fingerprint density at radius 1 is 1.31 bits per heavy atom. The van der Waals surface area contributed by atoms with Gasteiger partial charge in [0.2, 0.25) is 0 Å². The summed E-state index contributed by atoms with van der Waals surface area (Å²) in [7, 11) is 0. The predicted octanol–water partition coefficient (Wildman–Crippen LogP) is 3.07. The van der Waals surface area contributed by atoms with Crippen LogP contribution >= 0.6 is 11.8 Å². The van der Waals surface area contributed by atoms with Crippen molar-refractivity contribution in [2.75, 3.05) is 5.75 Å². The van der Waals surface area contributed by atoms with Crippen LogP contribution in [0.1, 0.15) is 46.0 Å². The molecule has 0 saturated heterocycles. The molecule has 0 aliphatic heterocycles. The molecule has 0 aromatic carbocycles. The van der Waals surface area contributed by atoms with Crippen LogP contribution in [0.25, 0.3) is 0 Å². The maximum Gasteiger partial charge on any atom is 0.0658 e. The minimum Gasteiger partial charge on any atom is -0.392 e. The molecule has 1 rings (SSSR count). The topological polar surface area (TPSA) is 20.2 Å². The number of rotatable bonds is 4. The van der Waals surface area contributed by atoms with Crippen LogP contribution in [-0.4, -0.2) is 22.2 Å². The van der Waals surface area contributed by atoms with Crippen LogP contribution in [0.2, 0.25) is 0 Å². The highest BCUT2D eigenvalue weighted by atomic mass is 32.2. The zero-order valence-corrected chi connectivity index (χ0v) is 9.65. The van der Waals surface area contributed by atoms with Gasteiger partial charge >= 0.3 is 0 Å². The van der Waals surface area contributed by atoms with Crippen molar-refractivity contribution in [1.29, 1.82) is 0 Å². The van der Waals surface area contributed by atoms with E-state index in [4.69, 9.17) is 0 Å². The van der Waals surface area contributed by atoms with Crippen molar-refractivity contribution in [1.82, 2.24) is 0 Å². The molecule has 1 N–H and O–H groups in total. The van der Waals surface area contributed by atoms with E-state index < -0.39 is 0 Å². The first kappa shape index (κ1) is 11.4. The number of hydrogen-bond donors (Lipinski definition) is 1. The van der Waals surface area contributed by atoms with Gasteiger partial charge in [-0.05, 0) is 30.9 Å². The van der Waals surface area contributed by atoms with Crippen molar-refractivity contribution in [2.45, 2.75) is 57.3 Å². The van der Waals surface area contributed by atoms with Crippen LogP contribution in [0, 0.1) is 5.92 Å². The van der Waals surface area contributed by atoms with Gasteiger partial charge < -0.3 is 5.11 Å². The second-order valence-corrected chi connectivity index (χ2v) is 5.79. The third kappa shape index (κ3) is 4.37. The fraction of sp³-hybridized carbons (Fsp3) is 1.00. The summed E-state index contributed by atoms with van der Waals surface area (Å²) in [6.07, 6.45) is 6.06. The Kier molecular flexibility index (Phi) is 5.18. The molecule has 13 heavy (non-hydrogen) atoms. The van der Waals surface area contributed by atoms with Crippen molar-refractivity contribution in [3.05, 3.63) is 0 Å². The third-order valence-electron chi connectivity index (χ3n) is 2.69. The molecule has 1 aliphatic rings. The van der Waals surface area contributed by atoms with Crippen LogP contribution in [-0.2, 0) is 0 Å². The van der Waals surface area contributed by atoms with Gasteiger partial charge in [0.1, 0.15) is 0 Å². The molecule has 78 valence electrons. The van der Waals surface area contributed by atoms with E-state index >= 15 is 0 Å². The molecule has 2 atom stereocenters. The summed E-state index contributed by atoms with van der Waals surface area (Å²) >= 11 is 1.98. The summed E-state index contributed by atoms with van der Waals surface area (Å²) in [6.45, 7) is 4.52. The van der Waals surface area contributed by atoms with Gasteiger partial charge in [-0.3, -0.25) is 0 Å². The Morgan fingerprint density at radius 2 is 2.00 bits per heavy atom. The Labute approximate surface area is 86.3 Å². The minimum atomic E-state index is -0.0223. The number of aliphatic hydroxyl groups excluding tert-OH is 1. The highest BCUT2D eigenvalue weighted by molar-refractivity contribution is 7.99. The Bertz CT molecular complexity index is 136. The SMILES string of the molecule is CC(C)CCSC1CCCCC1O. The average Bonchev–Trinajstić information content (AvgIpc) is 2.08. The lowest BCUT2D eigenvalue weighted by Gasteiger charge is -2.27. The third-order valence-corrected chi connectivity index (χ3v) is 4.14. The van der Waals surface area contributed by atoms with Crippen LogP contribution in [0.15, 0.2) is 0 Å². The molecule has 1 nitrogen and oxygen atoms in total. The van der Waals surface area contributed by atoms with Gasteiger partial charge in [-0.1, -0.05) is 26.7 Å². The first-order valence-corrected chi connectivity index (χ1v) is 6.54. The second-order valence-electron chi connectivity index (χ2n) is 4.44. The molecular weight excluding hydrogens is 180 g/mol. The molecule has 1 saturated carbocycles. The van der Waals surface area contributed by atoms with E-state index in [0.717, 1.165) is 12.3 Å². The van der Waals surface area contributed by atoms with Gasteiger partial charge in [0.25, 0.3) is 0 Å². The fourth-order valence-electron chi connectivity index (χ4n) is 1.73. The zero-order chi connectivity index (χ0) is 9.68. The van der Waals surface area contributed by atoms with Crippen LogP contribution in [0.4, 0.5) is 0 Å². The van der Waals surface area contributed by atoms with Crippen LogP contribution in [0.3, 0.4) is 0 Å². The highest BCUT2D eigenvalue weighted by Gasteiger charge is 2.22. The Balaban J connectivity index is 2.11. The van der Waals surface area contributed by atoms with E-state index in [1.165, 1.54) is 31.4 Å². The molecule has 0 aromatic heterocycles. The van der Waals surface area contributed by atoms with E-state index in [2.05, 4.69) is 13.8 Å². The van der Waals surface area contributed by atoms with Gasteiger partial charge in [0, 0.05) is 5.25 Å². The molecule has 0 amide bonds. The molecular formula is C11H22OS. The van der Waals surface area contributed by atoms with E-state index in [1.807, 2.05) is 11.8 Å². The molecule has 2 unspecified atom stereocenters. The lowest BCUT2D eigenvalue weighted by molar-refractivity contribution is 0.137. The summed E-state index contributed by atoms with van der Waals surface area (Å²) in [5.74, 6) is 2.02. The minimum absolute atomic E-state index is 0.0223. The van der Waals surface area contributed by atoms with Crippen LogP contribution in [0.5, 0.6) is 0 Å². The summed E-state index contributed by atoms with van der Waals surface area (Å²) in [6, 6.07) is 0. The predicted molar refractivity (Wildman–Crippen MR) is 60.2 cm³/mol. The number of hydrogen-bond acceptors (Lipinski definition) is 2. The lowest BCUT2D eigenvalue weighted by Crippen LogP contribution is -2.27. The van der Waals surface area contributed by atoms with Crippen LogP contribution < -0.4 is 0 Å². The maximum absolute atomic E-state index is 9.71. The van der Waals surface area contributed by atoms with Gasteiger partial charge in [-0.2, -0.15) is 11.8 Å². The molecule has 2 heteroatoms. The summed E-state index contributed by atoms with van der Waals surface area (Å²) in [5.41, 5.74) is 0. The first-order chi connectivity index (χ1) is 6.20. The summed E-state index contributed by atoms with van der Waals surface area (Å²) < 4.78 is 0. The van der Waals surface area contributed by atoms with E-state index in [9.17, 15) is 5.11 Å². The quantitative estimate of drug-likeness (QED) is 0.756. The zero-order valence-electron chi connectivity index (χ0n) is 8.83. The summed E-state index contributed by atoms with van der Waals surface area (Å²) in [5, 5.41) is 10.2. The van der Waals surface area contributed by atoms with Gasteiger partial charge in [0.15, 0.2) is 0 Å². The molecule has 1 fully saturated rings. The lowest BCUT2D eigenvalue weighted by atomic mass is 9.97. The van der Waals surface area contributed by atoms with E-state index in [-0.39, 0.29) is 6.10 Å². The monoisotopic (exact) mass is 202 g/mol. The molecule has 1 aliphatic carbocycles. The fourth-order valence-corrected chi connectivity index (χ4v) is 3.33. The number of thioether (sulfide) groups is 1. The highest BCUT2D eigenvalue weighted by Crippen LogP contribution is 2.29. The van der Waals surface area contributed by atoms with Crippen molar-refractivity contribution in [3.63, 3.8) is 0 Å². The molecule has 0 spiro atoms. The smallest absolute Gasteiger partial charge is 0.0658 e. The van der Waals surface area contributed by atoms with Crippen molar-refractivity contribution < 1.29 is 5.11 Å². The number of aliphatic hydroxyl groups is 1. The van der Waals surface area contributed by atoms with Crippen molar-refractivity contribution >= 4 is 11.8 Å². The summed E-state index contributed by atoms with van der Waals surface area (Å²) in [4.78, 5) is 0. The van der Waals surface area contributed by atoms with E-state index in [1.54, 1.807) is 0 Å². The Hall–Kier alpha value is 0.310. The first-order valence-electron chi connectivity index (χ1n) is 5.50. The normalized spacial score (nSPS) is 29.5. The second kappa shape index (κ2) is 5.92. The average molecular weight is 202 g/mol. The van der Waals surface area contributed by atoms with E-state index in [0.29, 0.717) is 5.25 Å². The largest absolute Gasteiger partial charge is 0.392 e. The maximum atomic E-state index is 9.71. The molecule has 0 heterocycles. The molecule has 0 radical (unpaired) electrons. The molecule has 0 aromatic rings. The van der Waals surface area contributed by atoms with Crippen molar-refractivity contribution in [3.8, 4) is 0 Å². The van der Waals surface area contributed by atoms with Gasteiger partial charge in [-0.15, -0.1) is 0 Å².